The highest BCUT2D eigenvalue weighted by molar-refractivity contribution is 5.80. The number of allylic oxidation sites excluding steroid dienone is 2. The maximum absolute atomic E-state index is 8.68. The first-order valence-electron chi connectivity index (χ1n) is 3.84. The zero-order valence-corrected chi connectivity index (χ0v) is 7.26. The van der Waals surface area contributed by atoms with Crippen LogP contribution in [0.1, 0.15) is 20.3 Å². The first-order chi connectivity index (χ1) is 5.61. The standard InChI is InChI=1S/C8H12N4/c1-3-8(2)11-5-6(10)7(4-9)12-8/h5,12H,3,10H2,1-2H3. The molecule has 0 bridgehead atoms. The Kier molecular flexibility index (Phi) is 2.05. The summed E-state index contributed by atoms with van der Waals surface area (Å²) in [4.78, 5) is 4.19. The number of aliphatic imine (C=N–C) groups is 1. The van der Waals surface area contributed by atoms with E-state index in [1.165, 1.54) is 0 Å². The van der Waals surface area contributed by atoms with Gasteiger partial charge in [0, 0.05) is 6.21 Å². The first-order valence-corrected chi connectivity index (χ1v) is 3.84. The van der Waals surface area contributed by atoms with Gasteiger partial charge in [-0.3, -0.25) is 4.99 Å². The summed E-state index contributed by atoms with van der Waals surface area (Å²) in [5.74, 6) is 0. The van der Waals surface area contributed by atoms with E-state index in [0.29, 0.717) is 11.4 Å². The number of rotatable bonds is 1. The normalized spacial score (nSPS) is 28.1. The number of nitrogens with two attached hydrogens (primary N) is 1. The Hall–Kier alpha value is -1.50. The van der Waals surface area contributed by atoms with Crippen LogP contribution in [0, 0.1) is 11.3 Å². The molecule has 3 N–H and O–H groups in total. The van der Waals surface area contributed by atoms with E-state index in [1.54, 1.807) is 6.21 Å². The second-order valence-electron chi connectivity index (χ2n) is 2.95. The van der Waals surface area contributed by atoms with Crippen molar-refractivity contribution in [2.24, 2.45) is 10.7 Å². The van der Waals surface area contributed by atoms with Gasteiger partial charge in [-0.05, 0) is 13.3 Å². The maximum atomic E-state index is 8.68. The monoisotopic (exact) mass is 164 g/mol. The lowest BCUT2D eigenvalue weighted by Crippen LogP contribution is -2.43. The van der Waals surface area contributed by atoms with Crippen molar-refractivity contribution in [1.29, 1.82) is 5.26 Å². The van der Waals surface area contributed by atoms with E-state index in [0.717, 1.165) is 6.42 Å². The molecule has 1 rings (SSSR count). The molecule has 1 unspecified atom stereocenters. The van der Waals surface area contributed by atoms with E-state index < -0.39 is 0 Å². The van der Waals surface area contributed by atoms with Gasteiger partial charge in [-0.2, -0.15) is 5.26 Å². The zero-order chi connectivity index (χ0) is 9.19. The summed E-state index contributed by atoms with van der Waals surface area (Å²) >= 11 is 0. The Morgan fingerprint density at radius 2 is 2.50 bits per heavy atom. The van der Waals surface area contributed by atoms with E-state index >= 15 is 0 Å². The molecule has 0 aliphatic carbocycles. The maximum Gasteiger partial charge on any atom is 0.140 e. The van der Waals surface area contributed by atoms with Crippen LogP contribution in [0.15, 0.2) is 16.4 Å². The number of hydrogen-bond donors (Lipinski definition) is 2. The molecular weight excluding hydrogens is 152 g/mol. The van der Waals surface area contributed by atoms with Gasteiger partial charge in [0.15, 0.2) is 0 Å². The minimum Gasteiger partial charge on any atom is -0.395 e. The van der Waals surface area contributed by atoms with Crippen LogP contribution < -0.4 is 11.1 Å². The summed E-state index contributed by atoms with van der Waals surface area (Å²) in [5, 5.41) is 11.7. The highest BCUT2D eigenvalue weighted by atomic mass is 15.2. The molecule has 0 saturated heterocycles. The third-order valence-corrected chi connectivity index (χ3v) is 1.97. The van der Waals surface area contributed by atoms with Crippen LogP contribution in [0.3, 0.4) is 0 Å². The van der Waals surface area contributed by atoms with Crippen LogP contribution >= 0.6 is 0 Å². The molecule has 0 aromatic carbocycles. The summed E-state index contributed by atoms with van der Waals surface area (Å²) in [6.45, 7) is 3.92. The lowest BCUT2D eigenvalue weighted by atomic mass is 10.1. The van der Waals surface area contributed by atoms with Crippen LogP contribution in [0.2, 0.25) is 0 Å². The highest BCUT2D eigenvalue weighted by Gasteiger charge is 2.24. The molecule has 64 valence electrons. The van der Waals surface area contributed by atoms with Crippen LogP contribution in [-0.2, 0) is 0 Å². The molecule has 0 aromatic rings. The van der Waals surface area contributed by atoms with Gasteiger partial charge >= 0.3 is 0 Å². The minimum atomic E-state index is -0.367. The minimum absolute atomic E-state index is 0.367. The van der Waals surface area contributed by atoms with Gasteiger partial charge in [-0.25, -0.2) is 0 Å². The molecular formula is C8H12N4. The second-order valence-corrected chi connectivity index (χ2v) is 2.95. The highest BCUT2D eigenvalue weighted by Crippen LogP contribution is 2.16. The predicted molar refractivity (Wildman–Crippen MR) is 47.2 cm³/mol. The average molecular weight is 164 g/mol. The van der Waals surface area contributed by atoms with Gasteiger partial charge in [0.05, 0.1) is 5.70 Å². The molecule has 4 nitrogen and oxygen atoms in total. The fourth-order valence-corrected chi connectivity index (χ4v) is 0.922. The fourth-order valence-electron chi connectivity index (χ4n) is 0.922. The molecule has 0 fully saturated rings. The van der Waals surface area contributed by atoms with Crippen molar-refractivity contribution in [2.75, 3.05) is 0 Å². The summed E-state index contributed by atoms with van der Waals surface area (Å²) < 4.78 is 0. The van der Waals surface area contributed by atoms with Gasteiger partial charge in [-0.15, -0.1) is 0 Å². The number of nitrogens with zero attached hydrogens (tertiary/aromatic N) is 2. The van der Waals surface area contributed by atoms with Gasteiger partial charge in [0.1, 0.15) is 17.4 Å². The molecule has 0 radical (unpaired) electrons. The SMILES string of the molecule is CCC1(C)N=CC(N)=C(C#N)N1. The van der Waals surface area contributed by atoms with Gasteiger partial charge in [-0.1, -0.05) is 6.92 Å². The molecule has 1 heterocycles. The van der Waals surface area contributed by atoms with E-state index in [4.69, 9.17) is 11.0 Å². The van der Waals surface area contributed by atoms with Crippen LogP contribution in [0.5, 0.6) is 0 Å². The molecule has 1 aliphatic heterocycles. The van der Waals surface area contributed by atoms with Crippen LogP contribution in [-0.4, -0.2) is 11.9 Å². The molecule has 0 saturated carbocycles. The first kappa shape index (κ1) is 8.60. The number of nitriles is 1. The summed E-state index contributed by atoms with van der Waals surface area (Å²) in [6, 6.07) is 2.00. The van der Waals surface area contributed by atoms with Crippen molar-refractivity contribution in [3.05, 3.63) is 11.4 Å². The van der Waals surface area contributed by atoms with Crippen molar-refractivity contribution in [3.8, 4) is 6.07 Å². The molecule has 0 spiro atoms. The van der Waals surface area contributed by atoms with Crippen molar-refractivity contribution in [1.82, 2.24) is 5.32 Å². The third-order valence-electron chi connectivity index (χ3n) is 1.97. The van der Waals surface area contributed by atoms with E-state index in [2.05, 4.69) is 10.3 Å². The zero-order valence-electron chi connectivity index (χ0n) is 7.26. The van der Waals surface area contributed by atoms with Crippen molar-refractivity contribution >= 4 is 6.21 Å². The Balaban J connectivity index is 2.92. The quantitative estimate of drug-likeness (QED) is 0.592. The Morgan fingerprint density at radius 1 is 1.83 bits per heavy atom. The van der Waals surface area contributed by atoms with Crippen molar-refractivity contribution in [2.45, 2.75) is 25.9 Å². The smallest absolute Gasteiger partial charge is 0.140 e. The van der Waals surface area contributed by atoms with Crippen LogP contribution in [0.4, 0.5) is 0 Å². The third kappa shape index (κ3) is 1.40. The largest absolute Gasteiger partial charge is 0.395 e. The lowest BCUT2D eigenvalue weighted by Gasteiger charge is -2.28. The van der Waals surface area contributed by atoms with Crippen molar-refractivity contribution in [3.63, 3.8) is 0 Å². The second kappa shape index (κ2) is 2.86. The van der Waals surface area contributed by atoms with Gasteiger partial charge in [0.25, 0.3) is 0 Å². The van der Waals surface area contributed by atoms with E-state index in [9.17, 15) is 0 Å². The number of nitrogens with one attached hydrogen (secondary N) is 1. The fraction of sp³-hybridized carbons (Fsp3) is 0.500. The predicted octanol–water partition coefficient (Wildman–Crippen LogP) is 0.480. The van der Waals surface area contributed by atoms with Crippen molar-refractivity contribution < 1.29 is 0 Å². The molecule has 4 heteroatoms. The summed E-state index contributed by atoms with van der Waals surface area (Å²) in [6.07, 6.45) is 2.36. The molecule has 0 amide bonds. The molecule has 12 heavy (non-hydrogen) atoms. The Morgan fingerprint density at radius 3 is 3.00 bits per heavy atom. The lowest BCUT2D eigenvalue weighted by molar-refractivity contribution is 0.395. The Labute approximate surface area is 71.8 Å². The summed E-state index contributed by atoms with van der Waals surface area (Å²) in [5.41, 5.74) is 5.96. The topological polar surface area (TPSA) is 74.2 Å². The Bertz CT molecular complexity index is 284. The van der Waals surface area contributed by atoms with E-state index in [1.807, 2.05) is 19.9 Å². The molecule has 0 aromatic heterocycles. The number of hydrogen-bond acceptors (Lipinski definition) is 4. The summed E-state index contributed by atoms with van der Waals surface area (Å²) in [7, 11) is 0. The van der Waals surface area contributed by atoms with Gasteiger partial charge in [0.2, 0.25) is 0 Å². The molecule has 1 aliphatic rings. The average Bonchev–Trinajstić information content (AvgIpc) is 2.10. The van der Waals surface area contributed by atoms with Crippen LogP contribution in [0.25, 0.3) is 0 Å². The molecule has 1 atom stereocenters. The van der Waals surface area contributed by atoms with E-state index in [-0.39, 0.29) is 5.66 Å². The van der Waals surface area contributed by atoms with Gasteiger partial charge < -0.3 is 11.1 Å².